The highest BCUT2D eigenvalue weighted by atomic mass is 16.2. The van der Waals surface area contributed by atoms with Crippen LogP contribution in [0.2, 0.25) is 0 Å². The van der Waals surface area contributed by atoms with Crippen LogP contribution >= 0.6 is 0 Å². The first-order valence-corrected chi connectivity index (χ1v) is 7.89. The highest BCUT2D eigenvalue weighted by Gasteiger charge is 2.09. The van der Waals surface area contributed by atoms with Crippen molar-refractivity contribution in [1.29, 1.82) is 0 Å². The molecule has 3 aromatic rings. The van der Waals surface area contributed by atoms with Gasteiger partial charge < -0.3 is 5.32 Å². The van der Waals surface area contributed by atoms with Gasteiger partial charge in [-0.1, -0.05) is 38.1 Å². The molecule has 5 nitrogen and oxygen atoms in total. The maximum atomic E-state index is 12.4. The molecule has 1 N–H and O–H groups in total. The molecule has 0 unspecified atom stereocenters. The normalized spacial score (nSPS) is 11.0. The maximum Gasteiger partial charge on any atom is 0.269 e. The molecule has 3 rings (SSSR count). The van der Waals surface area contributed by atoms with E-state index >= 15 is 0 Å². The van der Waals surface area contributed by atoms with Crippen molar-refractivity contribution in [2.45, 2.75) is 26.3 Å². The number of anilines is 1. The Balaban J connectivity index is 1.84. The van der Waals surface area contributed by atoms with Crippen molar-refractivity contribution in [3.63, 3.8) is 0 Å². The number of amides is 1. The van der Waals surface area contributed by atoms with Gasteiger partial charge in [0.15, 0.2) is 0 Å². The molecule has 1 aromatic heterocycles. The van der Waals surface area contributed by atoms with Crippen LogP contribution in [0.15, 0.2) is 59.5 Å². The Bertz CT molecular complexity index is 944. The Kier molecular flexibility index (Phi) is 4.42. The molecule has 5 heteroatoms. The average molecular weight is 321 g/mol. The highest BCUT2D eigenvalue weighted by molar-refractivity contribution is 5.91. The number of benzene rings is 2. The summed E-state index contributed by atoms with van der Waals surface area (Å²) in [5.41, 5.74) is 2.93. The van der Waals surface area contributed by atoms with Crippen molar-refractivity contribution in [2.75, 3.05) is 5.32 Å². The third-order valence-corrected chi connectivity index (χ3v) is 3.89. The van der Waals surface area contributed by atoms with Crippen molar-refractivity contribution in [1.82, 2.24) is 9.55 Å². The predicted octanol–water partition coefficient (Wildman–Crippen LogP) is 3.16. The van der Waals surface area contributed by atoms with E-state index in [4.69, 9.17) is 0 Å². The fraction of sp³-hybridized carbons (Fsp3) is 0.211. The number of hydrogen-bond donors (Lipinski definition) is 1. The number of nitrogens with one attached hydrogen (secondary N) is 1. The molecule has 1 heterocycles. The molecule has 0 spiro atoms. The Morgan fingerprint density at radius 3 is 2.75 bits per heavy atom. The Morgan fingerprint density at radius 2 is 1.96 bits per heavy atom. The van der Waals surface area contributed by atoms with Crippen LogP contribution < -0.4 is 10.9 Å². The molecule has 0 aliphatic carbocycles. The van der Waals surface area contributed by atoms with Gasteiger partial charge in [-0.25, -0.2) is 4.98 Å². The van der Waals surface area contributed by atoms with Crippen LogP contribution in [0.3, 0.4) is 0 Å². The van der Waals surface area contributed by atoms with Crippen molar-refractivity contribution in [3.8, 4) is 0 Å². The van der Waals surface area contributed by atoms with E-state index in [-0.39, 0.29) is 18.0 Å². The Hall–Kier alpha value is -2.95. The molecule has 122 valence electrons. The van der Waals surface area contributed by atoms with Crippen molar-refractivity contribution in [2.24, 2.45) is 0 Å². The molecular formula is C19H19N3O2. The summed E-state index contributed by atoms with van der Waals surface area (Å²) in [4.78, 5) is 28.6. The van der Waals surface area contributed by atoms with Crippen LogP contribution in [0.25, 0.3) is 11.0 Å². The minimum atomic E-state index is -0.292. The maximum absolute atomic E-state index is 12.4. The molecule has 0 fully saturated rings. The second-order valence-corrected chi connectivity index (χ2v) is 6.00. The van der Waals surface area contributed by atoms with Crippen LogP contribution in [-0.2, 0) is 11.3 Å². The molecule has 1 amide bonds. The van der Waals surface area contributed by atoms with E-state index in [1.165, 1.54) is 10.8 Å². The standard InChI is InChI=1S/C19H19N3O2/c1-13(2)14-6-5-7-15(10-14)21-18(23)12-22-17-9-4-3-8-16(17)20-11-19(22)24/h3-11,13H,12H2,1-2H3,(H,21,23). The van der Waals surface area contributed by atoms with E-state index in [1.807, 2.05) is 42.5 Å². The van der Waals surface area contributed by atoms with Crippen LogP contribution in [-0.4, -0.2) is 15.5 Å². The summed E-state index contributed by atoms with van der Waals surface area (Å²) < 4.78 is 1.43. The minimum absolute atomic E-state index is 0.0478. The lowest BCUT2D eigenvalue weighted by atomic mass is 10.0. The fourth-order valence-electron chi connectivity index (χ4n) is 2.60. The number of fused-ring (bicyclic) bond motifs is 1. The van der Waals surface area contributed by atoms with Gasteiger partial charge in [0.2, 0.25) is 5.91 Å². The van der Waals surface area contributed by atoms with Crippen LogP contribution in [0.4, 0.5) is 5.69 Å². The smallest absolute Gasteiger partial charge is 0.269 e. The van der Waals surface area contributed by atoms with E-state index in [9.17, 15) is 9.59 Å². The van der Waals surface area contributed by atoms with E-state index in [0.717, 1.165) is 11.3 Å². The van der Waals surface area contributed by atoms with Crippen molar-refractivity contribution >= 4 is 22.6 Å². The summed E-state index contributed by atoms with van der Waals surface area (Å²) in [7, 11) is 0. The largest absolute Gasteiger partial charge is 0.325 e. The number of aromatic nitrogens is 2. The lowest BCUT2D eigenvalue weighted by molar-refractivity contribution is -0.116. The average Bonchev–Trinajstić information content (AvgIpc) is 2.57. The van der Waals surface area contributed by atoms with Gasteiger partial charge in [-0.15, -0.1) is 0 Å². The molecule has 0 aliphatic heterocycles. The molecule has 0 aliphatic rings. The quantitative estimate of drug-likeness (QED) is 0.803. The van der Waals surface area contributed by atoms with Crippen LogP contribution in [0.5, 0.6) is 0 Å². The first kappa shape index (κ1) is 15.9. The number of nitrogens with zero attached hydrogens (tertiary/aromatic N) is 2. The van der Waals surface area contributed by atoms with E-state index in [0.29, 0.717) is 17.0 Å². The van der Waals surface area contributed by atoms with Gasteiger partial charge in [0, 0.05) is 5.69 Å². The van der Waals surface area contributed by atoms with Crippen molar-refractivity contribution < 1.29 is 4.79 Å². The predicted molar refractivity (Wildman–Crippen MR) is 95.2 cm³/mol. The summed E-state index contributed by atoms with van der Waals surface area (Å²) in [6.45, 7) is 4.15. The van der Waals surface area contributed by atoms with Gasteiger partial charge in [0.25, 0.3) is 5.56 Å². The minimum Gasteiger partial charge on any atom is -0.325 e. The SMILES string of the molecule is CC(C)c1cccc(NC(=O)Cn2c(=O)cnc3ccccc32)c1. The molecule has 0 saturated heterocycles. The van der Waals surface area contributed by atoms with Crippen LogP contribution in [0.1, 0.15) is 25.3 Å². The fourth-order valence-corrected chi connectivity index (χ4v) is 2.60. The topological polar surface area (TPSA) is 64.0 Å². The van der Waals surface area contributed by atoms with Gasteiger partial charge in [0.1, 0.15) is 6.54 Å². The number of rotatable bonds is 4. The van der Waals surface area contributed by atoms with Gasteiger partial charge in [-0.05, 0) is 35.7 Å². The van der Waals surface area contributed by atoms with Gasteiger partial charge in [-0.3, -0.25) is 14.2 Å². The molecular weight excluding hydrogens is 302 g/mol. The second kappa shape index (κ2) is 6.66. The first-order chi connectivity index (χ1) is 11.5. The molecule has 0 bridgehead atoms. The van der Waals surface area contributed by atoms with E-state index in [2.05, 4.69) is 24.1 Å². The zero-order valence-electron chi connectivity index (χ0n) is 13.7. The molecule has 0 radical (unpaired) electrons. The Labute approximate surface area is 140 Å². The molecule has 2 aromatic carbocycles. The first-order valence-electron chi connectivity index (χ1n) is 7.89. The highest BCUT2D eigenvalue weighted by Crippen LogP contribution is 2.18. The summed E-state index contributed by atoms with van der Waals surface area (Å²) in [5.74, 6) is 0.142. The van der Waals surface area contributed by atoms with E-state index in [1.54, 1.807) is 6.07 Å². The second-order valence-electron chi connectivity index (χ2n) is 6.00. The summed E-state index contributed by atoms with van der Waals surface area (Å²) in [5, 5.41) is 2.86. The van der Waals surface area contributed by atoms with Crippen LogP contribution in [0, 0.1) is 0 Å². The molecule has 24 heavy (non-hydrogen) atoms. The van der Waals surface area contributed by atoms with Gasteiger partial charge >= 0.3 is 0 Å². The summed E-state index contributed by atoms with van der Waals surface area (Å²) >= 11 is 0. The number of carbonyl (C=O) groups excluding carboxylic acids is 1. The number of para-hydroxylation sites is 2. The summed E-state index contributed by atoms with van der Waals surface area (Å²) in [6, 6.07) is 15.0. The lowest BCUT2D eigenvalue weighted by Crippen LogP contribution is -2.28. The van der Waals surface area contributed by atoms with E-state index < -0.39 is 0 Å². The molecule has 0 atom stereocenters. The lowest BCUT2D eigenvalue weighted by Gasteiger charge is -2.11. The number of carbonyl (C=O) groups is 1. The third-order valence-electron chi connectivity index (χ3n) is 3.89. The third kappa shape index (κ3) is 3.35. The zero-order valence-corrected chi connectivity index (χ0v) is 13.7. The zero-order chi connectivity index (χ0) is 17.1. The van der Waals surface area contributed by atoms with Gasteiger partial charge in [0.05, 0.1) is 17.2 Å². The summed E-state index contributed by atoms with van der Waals surface area (Å²) in [6.07, 6.45) is 1.25. The molecule has 0 saturated carbocycles. The Morgan fingerprint density at radius 1 is 1.17 bits per heavy atom. The van der Waals surface area contributed by atoms with Crippen molar-refractivity contribution in [3.05, 3.63) is 70.6 Å². The monoisotopic (exact) mass is 321 g/mol. The number of hydrogen-bond acceptors (Lipinski definition) is 3. The van der Waals surface area contributed by atoms with Gasteiger partial charge in [-0.2, -0.15) is 0 Å².